The molecule has 0 saturated heterocycles. The molecule has 0 aliphatic heterocycles. The molecule has 2 amide bonds. The van der Waals surface area contributed by atoms with Crippen LogP contribution in [0.15, 0.2) is 78.9 Å². The van der Waals surface area contributed by atoms with Gasteiger partial charge in [-0.2, -0.15) is 18.4 Å². The van der Waals surface area contributed by atoms with Crippen LogP contribution in [0, 0.1) is 11.3 Å². The first-order valence-corrected chi connectivity index (χ1v) is 12.9. The zero-order valence-corrected chi connectivity index (χ0v) is 22.8. The number of halogens is 4. The molecule has 0 aliphatic rings. The summed E-state index contributed by atoms with van der Waals surface area (Å²) in [6.07, 6.45) is -5.22. The number of carbonyl (C=O) groups is 3. The fourth-order valence-electron chi connectivity index (χ4n) is 3.95. The monoisotopic (exact) mass is 607 g/mol. The second kappa shape index (κ2) is 13.2. The van der Waals surface area contributed by atoms with E-state index in [-0.39, 0.29) is 57.7 Å². The zero-order valence-electron chi connectivity index (χ0n) is 22.0. The van der Waals surface area contributed by atoms with E-state index >= 15 is 0 Å². The van der Waals surface area contributed by atoms with E-state index in [1.165, 1.54) is 30.3 Å². The predicted molar refractivity (Wildman–Crippen MR) is 153 cm³/mol. The Morgan fingerprint density at radius 2 is 1.70 bits per heavy atom. The number of nitrogens with zero attached hydrogens (tertiary/aromatic N) is 2. The molecule has 4 aromatic rings. The van der Waals surface area contributed by atoms with Gasteiger partial charge in [0, 0.05) is 40.4 Å². The minimum atomic E-state index is -5.29. The Bertz CT molecular complexity index is 1740. The first-order chi connectivity index (χ1) is 20.5. The molecule has 43 heavy (non-hydrogen) atoms. The van der Waals surface area contributed by atoms with E-state index in [1.54, 1.807) is 42.5 Å². The van der Waals surface area contributed by atoms with Gasteiger partial charge in [-0.05, 0) is 54.1 Å². The van der Waals surface area contributed by atoms with E-state index in [2.05, 4.69) is 20.4 Å². The number of carbonyl (C=O) groups excluding carboxylic acids is 3. The van der Waals surface area contributed by atoms with E-state index in [1.807, 2.05) is 6.07 Å². The third-order valence-corrected chi connectivity index (χ3v) is 6.11. The largest absolute Gasteiger partial charge is 0.491 e. The molecule has 3 aromatic carbocycles. The maximum absolute atomic E-state index is 13.1. The van der Waals surface area contributed by atoms with Crippen LogP contribution >= 0.6 is 11.6 Å². The summed E-state index contributed by atoms with van der Waals surface area (Å²) in [5, 5.41) is 15.5. The Labute approximate surface area is 248 Å². The molecule has 4 rings (SSSR count). The van der Waals surface area contributed by atoms with E-state index in [4.69, 9.17) is 17.3 Å². The molecule has 0 bridgehead atoms. The van der Waals surface area contributed by atoms with Crippen LogP contribution in [-0.2, 0) is 9.59 Å². The molecule has 0 fully saturated rings. The predicted octanol–water partition coefficient (Wildman–Crippen LogP) is 5.95. The topological polar surface area (TPSA) is 147 Å². The van der Waals surface area contributed by atoms with Crippen LogP contribution in [0.4, 0.5) is 24.7 Å². The maximum atomic E-state index is 13.1. The molecule has 0 spiro atoms. The van der Waals surface area contributed by atoms with Crippen LogP contribution in [0.25, 0.3) is 22.4 Å². The second-order valence-electron chi connectivity index (χ2n) is 8.91. The van der Waals surface area contributed by atoms with Gasteiger partial charge in [0.25, 0.3) is 5.91 Å². The van der Waals surface area contributed by atoms with Gasteiger partial charge in [-0.15, -0.1) is 0 Å². The van der Waals surface area contributed by atoms with Gasteiger partial charge in [0.2, 0.25) is 5.91 Å². The molecule has 0 atom stereocenters. The SMILES string of the molecule is N#Cc1c(-c2cccc(NC(=O)CCN)c2)cc(-c2cc(Cl)ccc2OC(=O)C(F)(F)F)nc1NC(=O)c1ccccc1. The Kier molecular flexibility index (Phi) is 9.39. The molecule has 1 aromatic heterocycles. The highest BCUT2D eigenvalue weighted by Gasteiger charge is 2.41. The van der Waals surface area contributed by atoms with Crippen LogP contribution in [0.5, 0.6) is 5.75 Å². The normalized spacial score (nSPS) is 10.9. The number of aromatic nitrogens is 1. The molecule has 1 heterocycles. The molecular weight excluding hydrogens is 587 g/mol. The molecule has 218 valence electrons. The number of benzene rings is 3. The van der Waals surface area contributed by atoms with E-state index in [9.17, 15) is 32.8 Å². The number of esters is 1. The molecule has 13 heteroatoms. The minimum absolute atomic E-state index is 0.0664. The Hall–Kier alpha value is -5.25. The quantitative estimate of drug-likeness (QED) is 0.166. The molecular formula is C30H21ClF3N5O4. The molecule has 4 N–H and O–H groups in total. The molecule has 0 unspecified atom stereocenters. The number of hydrogen-bond donors (Lipinski definition) is 3. The van der Waals surface area contributed by atoms with Gasteiger partial charge in [-0.25, -0.2) is 9.78 Å². The summed E-state index contributed by atoms with van der Waals surface area (Å²) in [7, 11) is 0. The van der Waals surface area contributed by atoms with Crippen LogP contribution in [0.2, 0.25) is 5.02 Å². The number of ether oxygens (including phenoxy) is 1. The first kappa shape index (κ1) is 30.7. The summed E-state index contributed by atoms with van der Waals surface area (Å²) in [5.74, 6) is -4.18. The number of rotatable bonds is 8. The van der Waals surface area contributed by atoms with Gasteiger partial charge >= 0.3 is 12.1 Å². The summed E-state index contributed by atoms with van der Waals surface area (Å²) in [5.41, 5.74) is 6.34. The number of anilines is 2. The van der Waals surface area contributed by atoms with Crippen molar-refractivity contribution in [2.75, 3.05) is 17.2 Å². The van der Waals surface area contributed by atoms with Crippen molar-refractivity contribution in [2.45, 2.75) is 12.6 Å². The Morgan fingerprint density at radius 3 is 2.37 bits per heavy atom. The van der Waals surface area contributed by atoms with Crippen molar-refractivity contribution in [1.82, 2.24) is 4.98 Å². The Morgan fingerprint density at radius 1 is 0.953 bits per heavy atom. The van der Waals surface area contributed by atoms with Gasteiger partial charge in [0.1, 0.15) is 17.4 Å². The van der Waals surface area contributed by atoms with Crippen LogP contribution in [-0.4, -0.2) is 35.5 Å². The van der Waals surface area contributed by atoms with Crippen LogP contribution < -0.4 is 21.1 Å². The molecule has 0 radical (unpaired) electrons. The number of hydrogen-bond acceptors (Lipinski definition) is 7. The second-order valence-corrected chi connectivity index (χ2v) is 9.34. The van der Waals surface area contributed by atoms with E-state index in [0.29, 0.717) is 11.3 Å². The average molecular weight is 608 g/mol. The summed E-state index contributed by atoms with van der Waals surface area (Å²) in [4.78, 5) is 41.2. The summed E-state index contributed by atoms with van der Waals surface area (Å²) in [6, 6.07) is 21.3. The smallest absolute Gasteiger partial charge is 0.419 e. The fraction of sp³-hybridized carbons (Fsp3) is 0.100. The van der Waals surface area contributed by atoms with Crippen molar-refractivity contribution < 1.29 is 32.3 Å². The van der Waals surface area contributed by atoms with Crippen molar-refractivity contribution in [1.29, 1.82) is 5.26 Å². The highest BCUT2D eigenvalue weighted by atomic mass is 35.5. The lowest BCUT2D eigenvalue weighted by Crippen LogP contribution is -2.28. The lowest BCUT2D eigenvalue weighted by Gasteiger charge is -2.16. The van der Waals surface area contributed by atoms with Crippen molar-refractivity contribution in [3.05, 3.63) is 95.0 Å². The van der Waals surface area contributed by atoms with Crippen molar-refractivity contribution >= 4 is 40.9 Å². The number of alkyl halides is 3. The lowest BCUT2D eigenvalue weighted by molar-refractivity contribution is -0.189. The third-order valence-electron chi connectivity index (χ3n) is 5.88. The molecule has 0 aliphatic carbocycles. The number of nitrogens with two attached hydrogens (primary N) is 1. The fourth-order valence-corrected chi connectivity index (χ4v) is 4.12. The minimum Gasteiger partial charge on any atom is -0.419 e. The molecule has 9 nitrogen and oxygen atoms in total. The van der Waals surface area contributed by atoms with Crippen LogP contribution in [0.1, 0.15) is 22.3 Å². The van der Waals surface area contributed by atoms with Gasteiger partial charge in [0.05, 0.1) is 5.69 Å². The van der Waals surface area contributed by atoms with Gasteiger partial charge < -0.3 is 21.1 Å². The van der Waals surface area contributed by atoms with Crippen molar-refractivity contribution in [3.63, 3.8) is 0 Å². The summed E-state index contributed by atoms with van der Waals surface area (Å²) in [6.45, 7) is 0.128. The number of amides is 2. The highest BCUT2D eigenvalue weighted by Crippen LogP contribution is 2.38. The molecule has 0 saturated carbocycles. The number of nitrogens with one attached hydrogen (secondary N) is 2. The van der Waals surface area contributed by atoms with Crippen molar-refractivity contribution in [2.24, 2.45) is 5.73 Å². The van der Waals surface area contributed by atoms with Crippen LogP contribution in [0.3, 0.4) is 0 Å². The van der Waals surface area contributed by atoms with Crippen molar-refractivity contribution in [3.8, 4) is 34.2 Å². The van der Waals surface area contributed by atoms with Gasteiger partial charge in [-0.3, -0.25) is 9.59 Å². The van der Waals surface area contributed by atoms with Gasteiger partial charge in [-0.1, -0.05) is 41.9 Å². The summed E-state index contributed by atoms with van der Waals surface area (Å²) >= 11 is 6.15. The maximum Gasteiger partial charge on any atom is 0.491 e. The standard InChI is InChI=1S/C30H21ClF3N5O4/c31-19-9-10-25(43-29(42)30(32,33)34)22(14-19)24-15-21(18-7-4-8-20(13-18)37-26(40)11-12-35)23(16-36)27(38-24)39-28(41)17-5-2-1-3-6-17/h1-10,13-15H,11-12,35H2,(H,37,40)(H,38,39,41). The number of pyridine rings is 1. The number of nitriles is 1. The third kappa shape index (κ3) is 7.53. The summed E-state index contributed by atoms with van der Waals surface area (Å²) < 4.78 is 43.7. The van der Waals surface area contributed by atoms with Gasteiger partial charge in [0.15, 0.2) is 5.82 Å². The first-order valence-electron chi connectivity index (χ1n) is 12.5. The highest BCUT2D eigenvalue weighted by molar-refractivity contribution is 6.31. The van der Waals surface area contributed by atoms with E-state index < -0.39 is 23.8 Å². The Balaban J connectivity index is 1.91. The van der Waals surface area contributed by atoms with E-state index in [0.717, 1.165) is 6.07 Å². The zero-order chi connectivity index (χ0) is 31.1. The lowest BCUT2D eigenvalue weighted by atomic mass is 9.97. The average Bonchev–Trinajstić information content (AvgIpc) is 2.97.